The molecule has 0 bridgehead atoms. The number of carbonyl (C=O) groups excluding carboxylic acids is 1. The van der Waals surface area contributed by atoms with Crippen molar-refractivity contribution in [3.05, 3.63) is 28.8 Å². The highest BCUT2D eigenvalue weighted by molar-refractivity contribution is 6.34. The third-order valence-electron chi connectivity index (χ3n) is 3.42. The molecule has 0 spiro atoms. The van der Waals surface area contributed by atoms with Gasteiger partial charge in [-0.15, -0.1) is 0 Å². The second-order valence-corrected chi connectivity index (χ2v) is 5.17. The molecule has 21 heavy (non-hydrogen) atoms. The minimum absolute atomic E-state index is 0.0378. The van der Waals surface area contributed by atoms with Gasteiger partial charge in [0.2, 0.25) is 0 Å². The van der Waals surface area contributed by atoms with Crippen molar-refractivity contribution in [2.75, 3.05) is 25.1 Å². The maximum atomic E-state index is 12.3. The zero-order valence-corrected chi connectivity index (χ0v) is 12.4. The van der Waals surface area contributed by atoms with Crippen molar-refractivity contribution in [3.63, 3.8) is 0 Å². The van der Waals surface area contributed by atoms with Crippen LogP contribution in [0, 0.1) is 0 Å². The molecule has 1 heterocycles. The number of urea groups is 1. The third-order valence-corrected chi connectivity index (χ3v) is 3.73. The van der Waals surface area contributed by atoms with Crippen LogP contribution in [0.2, 0.25) is 5.02 Å². The van der Waals surface area contributed by atoms with Crippen molar-refractivity contribution < 1.29 is 19.4 Å². The van der Waals surface area contributed by atoms with Crippen molar-refractivity contribution in [3.8, 4) is 0 Å². The van der Waals surface area contributed by atoms with E-state index in [2.05, 4.69) is 5.32 Å². The van der Waals surface area contributed by atoms with Gasteiger partial charge in [-0.2, -0.15) is 0 Å². The highest BCUT2D eigenvalue weighted by Crippen LogP contribution is 2.24. The number of rotatable bonds is 3. The van der Waals surface area contributed by atoms with E-state index in [1.54, 1.807) is 4.90 Å². The molecule has 1 aliphatic rings. The SMILES string of the molecule is CCC1COCCN1C(=O)Nc1ccc(C(=O)O)cc1Cl. The topological polar surface area (TPSA) is 78.9 Å². The van der Waals surface area contributed by atoms with Crippen LogP contribution in [0.3, 0.4) is 0 Å². The molecule has 2 rings (SSSR count). The number of amides is 2. The first-order valence-corrected chi connectivity index (χ1v) is 7.09. The lowest BCUT2D eigenvalue weighted by molar-refractivity contribution is 0.0144. The zero-order valence-electron chi connectivity index (χ0n) is 11.6. The molecule has 7 heteroatoms. The van der Waals surface area contributed by atoms with E-state index in [1.807, 2.05) is 6.92 Å². The summed E-state index contributed by atoms with van der Waals surface area (Å²) in [5.74, 6) is -1.06. The Labute approximate surface area is 127 Å². The first-order chi connectivity index (χ1) is 10.0. The lowest BCUT2D eigenvalue weighted by atomic mass is 10.2. The van der Waals surface area contributed by atoms with Gasteiger partial charge in [0.25, 0.3) is 0 Å². The van der Waals surface area contributed by atoms with Crippen molar-refractivity contribution in [1.29, 1.82) is 0 Å². The van der Waals surface area contributed by atoms with Gasteiger partial charge in [0.15, 0.2) is 0 Å². The molecular weight excluding hydrogens is 296 g/mol. The number of benzene rings is 1. The summed E-state index contributed by atoms with van der Waals surface area (Å²) in [4.78, 5) is 24.9. The molecule has 1 fully saturated rings. The van der Waals surface area contributed by atoms with Crippen LogP contribution < -0.4 is 5.32 Å². The van der Waals surface area contributed by atoms with Gasteiger partial charge >= 0.3 is 12.0 Å². The van der Waals surface area contributed by atoms with Crippen LogP contribution in [0.15, 0.2) is 18.2 Å². The average Bonchev–Trinajstić information content (AvgIpc) is 2.48. The van der Waals surface area contributed by atoms with E-state index in [0.717, 1.165) is 6.42 Å². The van der Waals surface area contributed by atoms with Gasteiger partial charge in [-0.05, 0) is 24.6 Å². The van der Waals surface area contributed by atoms with Crippen molar-refractivity contribution in [2.45, 2.75) is 19.4 Å². The number of nitrogens with zero attached hydrogens (tertiary/aromatic N) is 1. The Bertz CT molecular complexity index is 550. The number of carboxylic acid groups (broad SMARTS) is 1. The number of hydrogen-bond donors (Lipinski definition) is 2. The Kier molecular flexibility index (Phi) is 5.03. The average molecular weight is 313 g/mol. The summed E-state index contributed by atoms with van der Waals surface area (Å²) in [6.07, 6.45) is 0.805. The van der Waals surface area contributed by atoms with Gasteiger partial charge in [0, 0.05) is 6.54 Å². The van der Waals surface area contributed by atoms with E-state index in [0.29, 0.717) is 25.4 Å². The summed E-state index contributed by atoms with van der Waals surface area (Å²) in [5, 5.41) is 11.8. The monoisotopic (exact) mass is 312 g/mol. The fourth-order valence-electron chi connectivity index (χ4n) is 2.20. The molecule has 0 saturated carbocycles. The van der Waals surface area contributed by atoms with E-state index < -0.39 is 5.97 Å². The molecule has 2 N–H and O–H groups in total. The molecule has 1 unspecified atom stereocenters. The second-order valence-electron chi connectivity index (χ2n) is 4.76. The number of anilines is 1. The lowest BCUT2D eigenvalue weighted by Crippen LogP contribution is -2.50. The number of carbonyl (C=O) groups is 2. The molecule has 1 aromatic carbocycles. The molecule has 6 nitrogen and oxygen atoms in total. The highest BCUT2D eigenvalue weighted by atomic mass is 35.5. The van der Waals surface area contributed by atoms with Crippen molar-refractivity contribution >= 4 is 29.3 Å². The number of morpholine rings is 1. The Morgan fingerprint density at radius 3 is 2.90 bits per heavy atom. The molecular formula is C14H17ClN2O4. The van der Waals surface area contributed by atoms with Gasteiger partial charge in [0.1, 0.15) is 0 Å². The Morgan fingerprint density at radius 2 is 2.29 bits per heavy atom. The minimum atomic E-state index is -1.06. The smallest absolute Gasteiger partial charge is 0.335 e. The number of hydrogen-bond acceptors (Lipinski definition) is 3. The van der Waals surface area contributed by atoms with Gasteiger partial charge in [-0.25, -0.2) is 9.59 Å². The van der Waals surface area contributed by atoms with Gasteiger partial charge < -0.3 is 20.1 Å². The Morgan fingerprint density at radius 1 is 1.52 bits per heavy atom. The highest BCUT2D eigenvalue weighted by Gasteiger charge is 2.26. The van der Waals surface area contributed by atoms with Crippen LogP contribution in [-0.2, 0) is 4.74 Å². The lowest BCUT2D eigenvalue weighted by Gasteiger charge is -2.35. The number of carboxylic acids is 1. The summed E-state index contributed by atoms with van der Waals surface area (Å²) >= 11 is 6.01. The first kappa shape index (κ1) is 15.6. The predicted molar refractivity (Wildman–Crippen MR) is 79.0 cm³/mol. The van der Waals surface area contributed by atoms with Crippen LogP contribution >= 0.6 is 11.6 Å². The van der Waals surface area contributed by atoms with Crippen LogP contribution in [0.4, 0.5) is 10.5 Å². The predicted octanol–water partition coefficient (Wildman–Crippen LogP) is 2.68. The van der Waals surface area contributed by atoms with E-state index >= 15 is 0 Å². The molecule has 2 amide bonds. The van der Waals surface area contributed by atoms with Crippen LogP contribution in [0.1, 0.15) is 23.7 Å². The molecule has 0 aromatic heterocycles. The van der Waals surface area contributed by atoms with Crippen LogP contribution in [0.5, 0.6) is 0 Å². The van der Waals surface area contributed by atoms with Crippen LogP contribution in [0.25, 0.3) is 0 Å². The van der Waals surface area contributed by atoms with Crippen molar-refractivity contribution in [1.82, 2.24) is 4.90 Å². The molecule has 0 aliphatic carbocycles. The summed E-state index contributed by atoms with van der Waals surface area (Å²) in [6.45, 7) is 3.55. The summed E-state index contributed by atoms with van der Waals surface area (Å²) in [7, 11) is 0. The summed E-state index contributed by atoms with van der Waals surface area (Å²) < 4.78 is 5.36. The van der Waals surface area contributed by atoms with E-state index in [4.69, 9.17) is 21.4 Å². The normalized spacial score (nSPS) is 18.4. The molecule has 114 valence electrons. The number of halogens is 1. The van der Waals surface area contributed by atoms with Crippen LogP contribution in [-0.4, -0.2) is 47.8 Å². The minimum Gasteiger partial charge on any atom is -0.478 e. The summed E-state index contributed by atoms with van der Waals surface area (Å²) in [6, 6.07) is 3.99. The van der Waals surface area contributed by atoms with E-state index in [-0.39, 0.29) is 22.7 Å². The van der Waals surface area contributed by atoms with Gasteiger partial charge in [-0.3, -0.25) is 0 Å². The molecule has 1 aromatic rings. The van der Waals surface area contributed by atoms with Gasteiger partial charge in [0.05, 0.1) is 35.5 Å². The maximum absolute atomic E-state index is 12.3. The quantitative estimate of drug-likeness (QED) is 0.899. The molecule has 0 radical (unpaired) electrons. The fourth-order valence-corrected chi connectivity index (χ4v) is 2.42. The summed E-state index contributed by atoms with van der Waals surface area (Å²) in [5.41, 5.74) is 0.476. The molecule has 1 saturated heterocycles. The number of aromatic carboxylic acids is 1. The zero-order chi connectivity index (χ0) is 15.4. The van der Waals surface area contributed by atoms with Gasteiger partial charge in [-0.1, -0.05) is 18.5 Å². The Hall–Kier alpha value is -1.79. The van der Waals surface area contributed by atoms with Crippen molar-refractivity contribution in [2.24, 2.45) is 0 Å². The van der Waals surface area contributed by atoms with E-state index in [9.17, 15) is 9.59 Å². The fraction of sp³-hybridized carbons (Fsp3) is 0.429. The second kappa shape index (κ2) is 6.78. The first-order valence-electron chi connectivity index (χ1n) is 6.71. The third kappa shape index (κ3) is 3.65. The Balaban J connectivity index is 2.10. The standard InChI is InChI=1S/C14H17ClN2O4/c1-2-10-8-21-6-5-17(10)14(20)16-12-4-3-9(13(18)19)7-11(12)15/h3-4,7,10H,2,5-6,8H2,1H3,(H,16,20)(H,18,19). The molecule has 1 aliphatic heterocycles. The largest absolute Gasteiger partial charge is 0.478 e. The number of nitrogens with one attached hydrogen (secondary N) is 1. The molecule has 1 atom stereocenters. The number of ether oxygens (including phenoxy) is 1. The van der Waals surface area contributed by atoms with E-state index in [1.165, 1.54) is 18.2 Å². The maximum Gasteiger partial charge on any atom is 0.335 e.